The minimum Gasteiger partial charge on any atom is -0.497 e. The molecule has 1 amide bonds. The van der Waals surface area contributed by atoms with Crippen molar-refractivity contribution >= 4 is 29.1 Å². The molecule has 2 aromatic heterocycles. The molecular weight excluding hydrogens is 500 g/mol. The molecule has 3 heterocycles. The Morgan fingerprint density at radius 1 is 1.13 bits per heavy atom. The van der Waals surface area contributed by atoms with E-state index in [1.807, 2.05) is 66.9 Å². The van der Waals surface area contributed by atoms with Crippen LogP contribution in [0.4, 0.5) is 16.3 Å². The Hall–Kier alpha value is -4.64. The maximum absolute atomic E-state index is 12.4. The fourth-order valence-electron chi connectivity index (χ4n) is 4.82. The fraction of sp³-hybridized carbons (Fsp3) is 0.286. The van der Waals surface area contributed by atoms with Gasteiger partial charge in [-0.2, -0.15) is 5.10 Å². The van der Waals surface area contributed by atoms with Crippen molar-refractivity contribution in [2.24, 2.45) is 5.92 Å². The Kier molecular flexibility index (Phi) is 7.88. The van der Waals surface area contributed by atoms with Gasteiger partial charge in [-0.3, -0.25) is 9.69 Å². The second-order valence-corrected chi connectivity index (χ2v) is 9.38. The molecule has 2 aromatic carbocycles. The lowest BCUT2D eigenvalue weighted by atomic mass is 9.92. The molecule has 1 fully saturated rings. The number of hydrogen-bond donors (Lipinski definition) is 3. The molecule has 39 heavy (non-hydrogen) atoms. The van der Waals surface area contributed by atoms with Crippen molar-refractivity contribution in [3.05, 3.63) is 84.3 Å². The fourth-order valence-corrected chi connectivity index (χ4v) is 4.82. The molecule has 0 aliphatic carbocycles. The molecule has 0 bridgehead atoms. The van der Waals surface area contributed by atoms with E-state index in [2.05, 4.69) is 25.6 Å². The SMILES string of the molecule is COc1cccc(Nc2ncnn3ccc(CN4CC[C@@H](NC(=O)OCc5ccccc5)C(C(=O)O)C4)c23)c1. The van der Waals surface area contributed by atoms with Crippen LogP contribution in [0.3, 0.4) is 0 Å². The summed E-state index contributed by atoms with van der Waals surface area (Å²) < 4.78 is 12.4. The molecule has 0 radical (unpaired) electrons. The first kappa shape index (κ1) is 26.0. The summed E-state index contributed by atoms with van der Waals surface area (Å²) >= 11 is 0. The lowest BCUT2D eigenvalue weighted by molar-refractivity contribution is -0.144. The van der Waals surface area contributed by atoms with Gasteiger partial charge >= 0.3 is 12.1 Å². The van der Waals surface area contributed by atoms with E-state index < -0.39 is 24.0 Å². The van der Waals surface area contributed by atoms with Crippen molar-refractivity contribution in [1.82, 2.24) is 24.8 Å². The number of carboxylic acids is 1. The van der Waals surface area contributed by atoms with Crippen LogP contribution < -0.4 is 15.4 Å². The molecular formula is C28H30N6O5. The largest absolute Gasteiger partial charge is 0.497 e. The van der Waals surface area contributed by atoms with Gasteiger partial charge in [-0.15, -0.1) is 0 Å². The topological polar surface area (TPSA) is 130 Å². The average Bonchev–Trinajstić information content (AvgIpc) is 3.37. The summed E-state index contributed by atoms with van der Waals surface area (Å²) in [5, 5.41) is 20.4. The van der Waals surface area contributed by atoms with E-state index >= 15 is 0 Å². The van der Waals surface area contributed by atoms with Crippen LogP contribution >= 0.6 is 0 Å². The Bertz CT molecular complexity index is 1440. The van der Waals surface area contributed by atoms with Gasteiger partial charge in [-0.25, -0.2) is 14.3 Å². The Morgan fingerprint density at radius 2 is 1.97 bits per heavy atom. The summed E-state index contributed by atoms with van der Waals surface area (Å²) in [5.74, 6) is -0.382. The molecule has 11 heteroatoms. The standard InChI is InChI=1S/C28H30N6O5/c1-38-22-9-5-8-21(14-22)31-26-25-20(10-13-34(25)30-18-29-26)15-33-12-11-24(23(16-33)27(35)36)32-28(37)39-17-19-6-3-2-4-7-19/h2-10,13-14,18,23-24H,11-12,15-17H2,1H3,(H,32,37)(H,35,36)(H,29,30,31)/t23?,24-/m1/s1. The maximum atomic E-state index is 12.4. The van der Waals surface area contributed by atoms with Crippen LogP contribution in [-0.4, -0.2) is 62.9 Å². The number of fused-ring (bicyclic) bond motifs is 1. The van der Waals surface area contributed by atoms with Crippen molar-refractivity contribution in [3.63, 3.8) is 0 Å². The number of rotatable bonds is 9. The molecule has 2 atom stereocenters. The summed E-state index contributed by atoms with van der Waals surface area (Å²) in [6.45, 7) is 1.52. The van der Waals surface area contributed by atoms with Crippen LogP contribution in [0.1, 0.15) is 17.5 Å². The van der Waals surface area contributed by atoms with Gasteiger partial charge in [-0.05, 0) is 35.7 Å². The van der Waals surface area contributed by atoms with Crippen molar-refractivity contribution < 1.29 is 24.2 Å². The molecule has 1 aliphatic heterocycles. The van der Waals surface area contributed by atoms with Crippen LogP contribution in [0.2, 0.25) is 0 Å². The summed E-state index contributed by atoms with van der Waals surface area (Å²) in [6, 6.07) is 18.3. The van der Waals surface area contributed by atoms with Gasteiger partial charge < -0.3 is 25.2 Å². The number of carbonyl (C=O) groups excluding carboxylic acids is 1. The Labute approximate surface area is 225 Å². The lowest BCUT2D eigenvalue weighted by Crippen LogP contribution is -2.53. The number of carboxylic acid groups (broad SMARTS) is 1. The van der Waals surface area contributed by atoms with Gasteiger partial charge in [0.05, 0.1) is 13.0 Å². The highest BCUT2D eigenvalue weighted by Crippen LogP contribution is 2.27. The third-order valence-corrected chi connectivity index (χ3v) is 6.79. The molecule has 1 aliphatic rings. The second-order valence-electron chi connectivity index (χ2n) is 9.38. The van der Waals surface area contributed by atoms with Crippen LogP contribution in [-0.2, 0) is 22.7 Å². The maximum Gasteiger partial charge on any atom is 0.407 e. The van der Waals surface area contributed by atoms with E-state index in [9.17, 15) is 14.7 Å². The zero-order valence-corrected chi connectivity index (χ0v) is 21.5. The number of ether oxygens (including phenoxy) is 2. The first-order valence-corrected chi connectivity index (χ1v) is 12.6. The first-order chi connectivity index (χ1) is 19.0. The number of nitrogens with zero attached hydrogens (tertiary/aromatic N) is 4. The molecule has 3 N–H and O–H groups in total. The predicted molar refractivity (Wildman–Crippen MR) is 144 cm³/mol. The van der Waals surface area contributed by atoms with Crippen molar-refractivity contribution in [2.75, 3.05) is 25.5 Å². The highest BCUT2D eigenvalue weighted by Gasteiger charge is 2.36. The number of methoxy groups -OCH3 is 1. The van der Waals surface area contributed by atoms with Gasteiger partial charge in [0.1, 0.15) is 24.2 Å². The zero-order chi connectivity index (χ0) is 27.2. The average molecular weight is 531 g/mol. The second kappa shape index (κ2) is 11.8. The van der Waals surface area contributed by atoms with E-state index in [1.165, 1.54) is 6.33 Å². The minimum atomic E-state index is -0.960. The molecule has 4 aromatic rings. The summed E-state index contributed by atoms with van der Waals surface area (Å²) in [5.41, 5.74) is 3.44. The van der Waals surface area contributed by atoms with E-state index in [1.54, 1.807) is 11.6 Å². The molecule has 202 valence electrons. The number of aromatic nitrogens is 3. The number of nitrogens with one attached hydrogen (secondary N) is 2. The molecule has 1 saturated heterocycles. The third kappa shape index (κ3) is 6.27. The van der Waals surface area contributed by atoms with E-state index in [0.717, 1.165) is 28.1 Å². The van der Waals surface area contributed by atoms with Crippen molar-refractivity contribution in [3.8, 4) is 5.75 Å². The summed E-state index contributed by atoms with van der Waals surface area (Å²) in [4.78, 5) is 31.1. The third-order valence-electron chi connectivity index (χ3n) is 6.79. The number of amides is 1. The number of hydrogen-bond acceptors (Lipinski definition) is 8. The Morgan fingerprint density at radius 3 is 2.77 bits per heavy atom. The molecule has 11 nitrogen and oxygen atoms in total. The highest BCUT2D eigenvalue weighted by molar-refractivity contribution is 5.77. The Balaban J connectivity index is 1.25. The number of aliphatic carboxylic acids is 1. The minimum absolute atomic E-state index is 0.124. The molecule has 1 unspecified atom stereocenters. The van der Waals surface area contributed by atoms with Crippen LogP contribution in [0.5, 0.6) is 5.75 Å². The highest BCUT2D eigenvalue weighted by atomic mass is 16.5. The lowest BCUT2D eigenvalue weighted by Gasteiger charge is -2.36. The predicted octanol–water partition coefficient (Wildman–Crippen LogP) is 3.68. The quantitative estimate of drug-likeness (QED) is 0.297. The van der Waals surface area contributed by atoms with Gasteiger partial charge in [0.15, 0.2) is 5.82 Å². The van der Waals surface area contributed by atoms with E-state index in [-0.39, 0.29) is 13.2 Å². The number of piperidine rings is 1. The monoisotopic (exact) mass is 530 g/mol. The number of anilines is 2. The normalized spacial score (nSPS) is 17.5. The molecule has 5 rings (SSSR count). The van der Waals surface area contributed by atoms with E-state index in [0.29, 0.717) is 25.3 Å². The number of carbonyl (C=O) groups is 2. The smallest absolute Gasteiger partial charge is 0.407 e. The first-order valence-electron chi connectivity index (χ1n) is 12.6. The zero-order valence-electron chi connectivity index (χ0n) is 21.5. The van der Waals surface area contributed by atoms with Gasteiger partial charge in [0.25, 0.3) is 0 Å². The van der Waals surface area contributed by atoms with Crippen molar-refractivity contribution in [1.29, 1.82) is 0 Å². The van der Waals surface area contributed by atoms with Crippen LogP contribution in [0.25, 0.3) is 5.52 Å². The number of alkyl carbamates (subject to hydrolysis) is 1. The van der Waals surface area contributed by atoms with Crippen LogP contribution in [0.15, 0.2) is 73.2 Å². The number of likely N-dealkylation sites (tertiary alicyclic amines) is 1. The van der Waals surface area contributed by atoms with Crippen molar-refractivity contribution in [2.45, 2.75) is 25.6 Å². The van der Waals surface area contributed by atoms with Gasteiger partial charge in [-0.1, -0.05) is 36.4 Å². The molecule has 0 saturated carbocycles. The number of benzene rings is 2. The molecule has 0 spiro atoms. The van der Waals surface area contributed by atoms with Gasteiger partial charge in [0, 0.05) is 43.6 Å². The van der Waals surface area contributed by atoms with Crippen LogP contribution in [0, 0.1) is 5.92 Å². The van der Waals surface area contributed by atoms with E-state index in [4.69, 9.17) is 9.47 Å². The summed E-state index contributed by atoms with van der Waals surface area (Å²) in [7, 11) is 1.61. The summed E-state index contributed by atoms with van der Waals surface area (Å²) in [6.07, 6.45) is 3.20. The van der Waals surface area contributed by atoms with Gasteiger partial charge in [0.2, 0.25) is 0 Å².